The Morgan fingerprint density at radius 2 is 1.61 bits per heavy atom. The van der Waals surface area contributed by atoms with E-state index in [0.29, 0.717) is 12.2 Å². The topological polar surface area (TPSA) is 46.1 Å². The molecular weight excluding hydrogens is 286 g/mol. The molecular formula is C19H17N3O. The van der Waals surface area contributed by atoms with Crippen molar-refractivity contribution in [2.24, 2.45) is 0 Å². The van der Waals surface area contributed by atoms with Gasteiger partial charge in [-0.3, -0.25) is 4.79 Å². The fourth-order valence-corrected chi connectivity index (χ4v) is 2.36. The number of aryl methyl sites for hydroxylation is 1. The molecule has 1 aromatic heterocycles. The van der Waals surface area contributed by atoms with Crippen LogP contribution in [0.15, 0.2) is 73.1 Å². The normalized spacial score (nSPS) is 10.3. The number of aromatic nitrogens is 2. The van der Waals surface area contributed by atoms with Crippen molar-refractivity contribution >= 4 is 11.6 Å². The quantitative estimate of drug-likeness (QED) is 0.739. The Kier molecular flexibility index (Phi) is 4.43. The van der Waals surface area contributed by atoms with Crippen molar-refractivity contribution in [1.29, 1.82) is 0 Å². The lowest BCUT2D eigenvalue weighted by molar-refractivity contribution is 0.0980. The molecule has 0 atom stereocenters. The molecule has 4 nitrogen and oxygen atoms in total. The van der Waals surface area contributed by atoms with E-state index in [1.807, 2.05) is 67.6 Å². The fourth-order valence-electron chi connectivity index (χ4n) is 2.36. The number of para-hydroxylation sites is 1. The highest BCUT2D eigenvalue weighted by Crippen LogP contribution is 2.19. The van der Waals surface area contributed by atoms with Crippen LogP contribution in [0.4, 0.5) is 5.69 Å². The summed E-state index contributed by atoms with van der Waals surface area (Å²) >= 11 is 0. The average Bonchev–Trinajstić information content (AvgIpc) is 2.61. The Labute approximate surface area is 135 Å². The second-order valence-electron chi connectivity index (χ2n) is 5.26. The minimum atomic E-state index is -0.134. The molecule has 0 saturated carbocycles. The Hall–Kier alpha value is -3.01. The van der Waals surface area contributed by atoms with Gasteiger partial charge in [0.25, 0.3) is 5.91 Å². The van der Waals surface area contributed by atoms with E-state index < -0.39 is 0 Å². The predicted octanol–water partition coefficient (Wildman–Crippen LogP) is 3.63. The van der Waals surface area contributed by atoms with E-state index in [-0.39, 0.29) is 5.91 Å². The van der Waals surface area contributed by atoms with E-state index in [1.54, 1.807) is 11.0 Å². The summed E-state index contributed by atoms with van der Waals surface area (Å²) in [4.78, 5) is 22.9. The van der Waals surface area contributed by atoms with Gasteiger partial charge in [0.15, 0.2) is 0 Å². The number of anilines is 1. The lowest BCUT2D eigenvalue weighted by Crippen LogP contribution is -2.31. The Morgan fingerprint density at radius 1 is 0.957 bits per heavy atom. The molecule has 0 aliphatic heterocycles. The fraction of sp³-hybridized carbons (Fsp3) is 0.105. The molecule has 1 amide bonds. The molecule has 2 aromatic carbocycles. The first kappa shape index (κ1) is 14.9. The summed E-state index contributed by atoms with van der Waals surface area (Å²) in [5.74, 6) is -0.134. The molecule has 4 heteroatoms. The highest BCUT2D eigenvalue weighted by Gasteiger charge is 2.19. The van der Waals surface area contributed by atoms with Gasteiger partial charge in [-0.15, -0.1) is 0 Å². The summed E-state index contributed by atoms with van der Waals surface area (Å²) in [5, 5.41) is 0. The first-order valence-corrected chi connectivity index (χ1v) is 7.43. The molecule has 3 rings (SSSR count). The van der Waals surface area contributed by atoms with Crippen molar-refractivity contribution in [3.63, 3.8) is 0 Å². The number of carbonyl (C=O) groups excluding carboxylic acids is 1. The summed E-state index contributed by atoms with van der Waals surface area (Å²) in [6.45, 7) is 2.34. The molecule has 0 spiro atoms. The molecule has 23 heavy (non-hydrogen) atoms. The van der Waals surface area contributed by atoms with Crippen LogP contribution in [-0.4, -0.2) is 15.9 Å². The lowest BCUT2D eigenvalue weighted by atomic mass is 10.1. The zero-order valence-electron chi connectivity index (χ0n) is 12.9. The van der Waals surface area contributed by atoms with E-state index in [2.05, 4.69) is 9.97 Å². The van der Waals surface area contributed by atoms with E-state index >= 15 is 0 Å². The van der Waals surface area contributed by atoms with Crippen LogP contribution in [0.3, 0.4) is 0 Å². The SMILES string of the molecule is Cc1cc(C(=O)N(Cc2ccccc2)c2ccccc2)ncn1. The van der Waals surface area contributed by atoms with Gasteiger partial charge < -0.3 is 4.90 Å². The summed E-state index contributed by atoms with van der Waals surface area (Å²) < 4.78 is 0. The van der Waals surface area contributed by atoms with Crippen molar-refractivity contribution in [3.8, 4) is 0 Å². The molecule has 0 aliphatic rings. The van der Waals surface area contributed by atoms with Crippen LogP contribution in [0.25, 0.3) is 0 Å². The molecule has 1 heterocycles. The Balaban J connectivity index is 1.96. The van der Waals surface area contributed by atoms with E-state index in [4.69, 9.17) is 0 Å². The molecule has 3 aromatic rings. The lowest BCUT2D eigenvalue weighted by Gasteiger charge is -2.22. The maximum absolute atomic E-state index is 12.9. The van der Waals surface area contributed by atoms with Gasteiger partial charge >= 0.3 is 0 Å². The number of carbonyl (C=O) groups is 1. The first-order chi connectivity index (χ1) is 11.2. The molecule has 0 radical (unpaired) electrons. The van der Waals surface area contributed by atoms with Crippen LogP contribution < -0.4 is 4.90 Å². The van der Waals surface area contributed by atoms with Gasteiger partial charge in [-0.05, 0) is 30.7 Å². The molecule has 0 aliphatic carbocycles. The Bertz CT molecular complexity index is 788. The van der Waals surface area contributed by atoms with Gasteiger partial charge in [0.2, 0.25) is 0 Å². The smallest absolute Gasteiger partial charge is 0.277 e. The number of hydrogen-bond donors (Lipinski definition) is 0. The summed E-state index contributed by atoms with van der Waals surface area (Å²) in [6.07, 6.45) is 1.42. The number of benzene rings is 2. The largest absolute Gasteiger partial charge is 0.303 e. The monoisotopic (exact) mass is 303 g/mol. The predicted molar refractivity (Wildman–Crippen MR) is 90.2 cm³/mol. The maximum atomic E-state index is 12.9. The third-order valence-electron chi connectivity index (χ3n) is 3.52. The zero-order valence-corrected chi connectivity index (χ0v) is 12.9. The summed E-state index contributed by atoms with van der Waals surface area (Å²) in [6, 6.07) is 21.3. The van der Waals surface area contributed by atoms with Crippen molar-refractivity contribution in [2.75, 3.05) is 4.90 Å². The molecule has 0 N–H and O–H groups in total. The summed E-state index contributed by atoms with van der Waals surface area (Å²) in [7, 11) is 0. The minimum Gasteiger partial charge on any atom is -0.303 e. The number of nitrogens with zero attached hydrogens (tertiary/aromatic N) is 3. The van der Waals surface area contributed by atoms with Crippen LogP contribution >= 0.6 is 0 Å². The first-order valence-electron chi connectivity index (χ1n) is 7.43. The van der Waals surface area contributed by atoms with Crippen LogP contribution in [0.5, 0.6) is 0 Å². The summed E-state index contributed by atoms with van der Waals surface area (Å²) in [5.41, 5.74) is 3.08. The van der Waals surface area contributed by atoms with E-state index in [9.17, 15) is 4.79 Å². The molecule has 0 fully saturated rings. The average molecular weight is 303 g/mol. The molecule has 0 unspecified atom stereocenters. The highest BCUT2D eigenvalue weighted by molar-refractivity contribution is 6.04. The van der Waals surface area contributed by atoms with Crippen molar-refractivity contribution in [1.82, 2.24) is 9.97 Å². The van der Waals surface area contributed by atoms with E-state index in [1.165, 1.54) is 6.33 Å². The number of amides is 1. The molecule has 0 bridgehead atoms. The zero-order chi connectivity index (χ0) is 16.1. The van der Waals surface area contributed by atoms with Gasteiger partial charge in [-0.1, -0.05) is 48.5 Å². The van der Waals surface area contributed by atoms with Crippen LogP contribution in [-0.2, 0) is 6.54 Å². The van der Waals surface area contributed by atoms with Crippen molar-refractivity contribution < 1.29 is 4.79 Å². The van der Waals surface area contributed by atoms with Crippen molar-refractivity contribution in [2.45, 2.75) is 13.5 Å². The second-order valence-corrected chi connectivity index (χ2v) is 5.26. The molecule has 0 saturated heterocycles. The van der Waals surface area contributed by atoms with Crippen LogP contribution in [0.2, 0.25) is 0 Å². The van der Waals surface area contributed by atoms with Crippen molar-refractivity contribution in [3.05, 3.63) is 90.0 Å². The van der Waals surface area contributed by atoms with Gasteiger partial charge in [-0.25, -0.2) is 9.97 Å². The maximum Gasteiger partial charge on any atom is 0.277 e. The van der Waals surface area contributed by atoms with Gasteiger partial charge in [0, 0.05) is 11.4 Å². The highest BCUT2D eigenvalue weighted by atomic mass is 16.2. The van der Waals surface area contributed by atoms with Gasteiger partial charge in [-0.2, -0.15) is 0 Å². The van der Waals surface area contributed by atoms with Crippen LogP contribution in [0, 0.1) is 6.92 Å². The van der Waals surface area contributed by atoms with Crippen LogP contribution in [0.1, 0.15) is 21.7 Å². The number of rotatable bonds is 4. The Morgan fingerprint density at radius 3 is 2.26 bits per heavy atom. The van der Waals surface area contributed by atoms with Gasteiger partial charge in [0.05, 0.1) is 6.54 Å². The number of hydrogen-bond acceptors (Lipinski definition) is 3. The van der Waals surface area contributed by atoms with E-state index in [0.717, 1.165) is 16.9 Å². The molecule has 114 valence electrons. The minimum absolute atomic E-state index is 0.134. The second kappa shape index (κ2) is 6.83. The standard InChI is InChI=1S/C19H17N3O/c1-15-12-18(21-14-20-15)19(23)22(17-10-6-3-7-11-17)13-16-8-4-2-5-9-16/h2-12,14H,13H2,1H3. The third-order valence-corrected chi connectivity index (χ3v) is 3.52. The van der Waals surface area contributed by atoms with Gasteiger partial charge in [0.1, 0.15) is 12.0 Å². The third kappa shape index (κ3) is 3.61.